The van der Waals surface area contributed by atoms with Gasteiger partial charge in [0.25, 0.3) is 0 Å². The minimum absolute atomic E-state index is 0.108. The van der Waals surface area contributed by atoms with Crippen LogP contribution < -0.4 is 15.8 Å². The minimum Gasteiger partial charge on any atom is -0.406 e. The van der Waals surface area contributed by atoms with Crippen LogP contribution in [0.15, 0.2) is 29.3 Å². The van der Waals surface area contributed by atoms with Crippen LogP contribution in [0.25, 0.3) is 0 Å². The quantitative estimate of drug-likeness (QED) is 0.619. The fourth-order valence-corrected chi connectivity index (χ4v) is 2.30. The molecule has 1 atom stereocenters. The Morgan fingerprint density at radius 3 is 2.87 bits per heavy atom. The van der Waals surface area contributed by atoms with E-state index >= 15 is 0 Å². The zero-order valence-electron chi connectivity index (χ0n) is 12.6. The van der Waals surface area contributed by atoms with Gasteiger partial charge in [0.2, 0.25) is 0 Å². The Morgan fingerprint density at radius 2 is 2.17 bits per heavy atom. The molecular formula is C15H20F3N3O2. The maximum atomic E-state index is 12.3. The summed E-state index contributed by atoms with van der Waals surface area (Å²) in [5.41, 5.74) is 6.18. The summed E-state index contributed by atoms with van der Waals surface area (Å²) in [5.74, 6) is 0.0615. The number of hydrogen-bond acceptors (Lipinski definition) is 3. The number of para-hydroxylation sites is 1. The molecule has 1 unspecified atom stereocenters. The van der Waals surface area contributed by atoms with Crippen LogP contribution in [0, 0.1) is 0 Å². The second-order valence-electron chi connectivity index (χ2n) is 5.19. The Bertz CT molecular complexity index is 529. The number of rotatable bonds is 6. The first-order chi connectivity index (χ1) is 10.9. The van der Waals surface area contributed by atoms with Crippen molar-refractivity contribution < 1.29 is 22.6 Å². The first kappa shape index (κ1) is 17.4. The average Bonchev–Trinajstić information content (AvgIpc) is 2.99. The minimum atomic E-state index is -4.70. The van der Waals surface area contributed by atoms with Crippen molar-refractivity contribution in [1.82, 2.24) is 5.32 Å². The molecule has 8 heteroatoms. The van der Waals surface area contributed by atoms with Crippen LogP contribution in [0.2, 0.25) is 0 Å². The molecule has 1 saturated heterocycles. The molecule has 1 aliphatic heterocycles. The zero-order valence-corrected chi connectivity index (χ0v) is 12.6. The van der Waals surface area contributed by atoms with Crippen molar-refractivity contribution in [3.63, 3.8) is 0 Å². The molecule has 2 rings (SSSR count). The van der Waals surface area contributed by atoms with Gasteiger partial charge in [-0.15, -0.1) is 13.2 Å². The zero-order chi connectivity index (χ0) is 16.7. The van der Waals surface area contributed by atoms with E-state index in [0.29, 0.717) is 25.1 Å². The topological polar surface area (TPSA) is 68.9 Å². The largest absolute Gasteiger partial charge is 0.573 e. The van der Waals surface area contributed by atoms with Crippen molar-refractivity contribution in [3.8, 4) is 5.75 Å². The number of nitrogens with one attached hydrogen (secondary N) is 1. The van der Waals surface area contributed by atoms with Gasteiger partial charge in [0.15, 0.2) is 5.96 Å². The molecule has 1 aliphatic rings. The third-order valence-electron chi connectivity index (χ3n) is 3.39. The lowest BCUT2D eigenvalue weighted by Gasteiger charge is -2.13. The lowest BCUT2D eigenvalue weighted by atomic mass is 10.1. The number of benzene rings is 1. The number of halogens is 3. The van der Waals surface area contributed by atoms with E-state index in [0.717, 1.165) is 19.4 Å². The molecule has 0 amide bonds. The van der Waals surface area contributed by atoms with Crippen LogP contribution in [0.3, 0.4) is 0 Å². The second-order valence-corrected chi connectivity index (χ2v) is 5.19. The Balaban J connectivity index is 1.80. The predicted octanol–water partition coefficient (Wildman–Crippen LogP) is 2.21. The van der Waals surface area contributed by atoms with E-state index in [9.17, 15) is 13.2 Å². The van der Waals surface area contributed by atoms with Crippen molar-refractivity contribution in [3.05, 3.63) is 29.8 Å². The highest BCUT2D eigenvalue weighted by Crippen LogP contribution is 2.26. The molecule has 23 heavy (non-hydrogen) atoms. The molecule has 128 valence electrons. The van der Waals surface area contributed by atoms with Gasteiger partial charge >= 0.3 is 6.36 Å². The van der Waals surface area contributed by atoms with E-state index in [1.54, 1.807) is 12.1 Å². The standard InChI is InChI=1S/C15H20F3N3O2/c16-15(17,18)23-13-6-2-1-4-11(13)7-8-20-14(19)21-10-12-5-3-9-22-12/h1-2,4,6,12H,3,5,7-10H2,(H3,19,20,21). The van der Waals surface area contributed by atoms with E-state index in [-0.39, 0.29) is 17.8 Å². The van der Waals surface area contributed by atoms with Crippen molar-refractivity contribution in [2.45, 2.75) is 31.7 Å². The fourth-order valence-electron chi connectivity index (χ4n) is 2.30. The Kier molecular flexibility index (Phi) is 6.09. The van der Waals surface area contributed by atoms with Crippen LogP contribution in [-0.2, 0) is 11.2 Å². The lowest BCUT2D eigenvalue weighted by Crippen LogP contribution is -2.34. The molecule has 1 aromatic carbocycles. The molecule has 0 radical (unpaired) electrons. The van der Waals surface area contributed by atoms with Gasteiger partial charge in [0.1, 0.15) is 5.75 Å². The molecule has 1 heterocycles. The van der Waals surface area contributed by atoms with Crippen LogP contribution in [-0.4, -0.2) is 38.1 Å². The molecule has 0 aromatic heterocycles. The predicted molar refractivity (Wildman–Crippen MR) is 80.3 cm³/mol. The van der Waals surface area contributed by atoms with Gasteiger partial charge in [-0.05, 0) is 30.9 Å². The van der Waals surface area contributed by atoms with E-state index in [4.69, 9.17) is 10.5 Å². The van der Waals surface area contributed by atoms with Gasteiger partial charge in [-0.1, -0.05) is 18.2 Å². The van der Waals surface area contributed by atoms with E-state index in [2.05, 4.69) is 15.0 Å². The summed E-state index contributed by atoms with van der Waals surface area (Å²) in [6.45, 7) is 1.61. The summed E-state index contributed by atoms with van der Waals surface area (Å²) in [4.78, 5) is 4.17. The van der Waals surface area contributed by atoms with Crippen LogP contribution >= 0.6 is 0 Å². The third-order valence-corrected chi connectivity index (χ3v) is 3.39. The molecule has 1 aromatic rings. The Hall–Kier alpha value is -1.96. The van der Waals surface area contributed by atoms with Gasteiger partial charge in [-0.2, -0.15) is 0 Å². The van der Waals surface area contributed by atoms with Gasteiger partial charge in [-0.3, -0.25) is 4.99 Å². The Morgan fingerprint density at radius 1 is 1.39 bits per heavy atom. The number of aliphatic imine (C=N–C) groups is 1. The van der Waals surface area contributed by atoms with Gasteiger partial charge in [0, 0.05) is 13.2 Å². The molecule has 0 aliphatic carbocycles. The summed E-state index contributed by atoms with van der Waals surface area (Å²) < 4.78 is 46.4. The summed E-state index contributed by atoms with van der Waals surface area (Å²) in [6.07, 6.45) is -2.26. The molecule has 0 spiro atoms. The smallest absolute Gasteiger partial charge is 0.406 e. The molecule has 5 nitrogen and oxygen atoms in total. The second kappa shape index (κ2) is 8.05. The van der Waals surface area contributed by atoms with Crippen LogP contribution in [0.5, 0.6) is 5.75 Å². The normalized spacial score (nSPS) is 18.9. The lowest BCUT2D eigenvalue weighted by molar-refractivity contribution is -0.274. The molecule has 1 fully saturated rings. The maximum Gasteiger partial charge on any atom is 0.573 e. The maximum absolute atomic E-state index is 12.3. The van der Waals surface area contributed by atoms with Gasteiger partial charge < -0.3 is 20.5 Å². The van der Waals surface area contributed by atoms with Crippen molar-refractivity contribution in [2.75, 3.05) is 19.7 Å². The van der Waals surface area contributed by atoms with Gasteiger partial charge in [-0.25, -0.2) is 0 Å². The van der Waals surface area contributed by atoms with E-state index in [1.165, 1.54) is 12.1 Å². The van der Waals surface area contributed by atoms with Crippen molar-refractivity contribution >= 4 is 5.96 Å². The highest BCUT2D eigenvalue weighted by Gasteiger charge is 2.31. The van der Waals surface area contributed by atoms with Crippen LogP contribution in [0.1, 0.15) is 18.4 Å². The monoisotopic (exact) mass is 331 g/mol. The average molecular weight is 331 g/mol. The molecule has 0 saturated carbocycles. The van der Waals surface area contributed by atoms with Crippen molar-refractivity contribution in [2.24, 2.45) is 10.7 Å². The molecule has 3 N–H and O–H groups in total. The number of hydrogen-bond donors (Lipinski definition) is 2. The van der Waals surface area contributed by atoms with Gasteiger partial charge in [0.05, 0.1) is 12.6 Å². The highest BCUT2D eigenvalue weighted by atomic mass is 19.4. The first-order valence-corrected chi connectivity index (χ1v) is 7.43. The van der Waals surface area contributed by atoms with Crippen molar-refractivity contribution in [1.29, 1.82) is 0 Å². The SMILES string of the molecule is NC(=NCC1CCCO1)NCCc1ccccc1OC(F)(F)F. The highest BCUT2D eigenvalue weighted by molar-refractivity contribution is 5.77. The summed E-state index contributed by atoms with van der Waals surface area (Å²) >= 11 is 0. The van der Waals surface area contributed by atoms with E-state index < -0.39 is 6.36 Å². The molecular weight excluding hydrogens is 311 g/mol. The van der Waals surface area contributed by atoms with Crippen LogP contribution in [0.4, 0.5) is 13.2 Å². The number of nitrogens with zero attached hydrogens (tertiary/aromatic N) is 1. The summed E-state index contributed by atoms with van der Waals surface area (Å²) in [6, 6.07) is 6.03. The Labute approximate surface area is 132 Å². The summed E-state index contributed by atoms with van der Waals surface area (Å²) in [5, 5.41) is 2.88. The number of guanidine groups is 1. The fraction of sp³-hybridized carbons (Fsp3) is 0.533. The number of alkyl halides is 3. The summed E-state index contributed by atoms with van der Waals surface area (Å²) in [7, 11) is 0. The molecule has 0 bridgehead atoms. The van der Waals surface area contributed by atoms with E-state index in [1.807, 2.05) is 0 Å². The number of ether oxygens (including phenoxy) is 2. The third kappa shape index (κ3) is 6.35. The first-order valence-electron chi connectivity index (χ1n) is 7.43. The number of nitrogens with two attached hydrogens (primary N) is 1.